The predicted octanol–water partition coefficient (Wildman–Crippen LogP) is 6.94. The molecule has 8 rings (SSSR count). The van der Waals surface area contributed by atoms with E-state index in [1.54, 1.807) is 67.6 Å². The number of ether oxygens (including phenoxy) is 12. The molecule has 1 amide bonds. The van der Waals surface area contributed by atoms with Gasteiger partial charge >= 0.3 is 32.9 Å². The molecule has 0 spiro atoms. The fourth-order valence-electron chi connectivity index (χ4n) is 11.4. The number of azide groups is 2. The summed E-state index contributed by atoms with van der Waals surface area (Å²) in [7, 11) is -10.7. The molecule has 0 bridgehead atoms. The van der Waals surface area contributed by atoms with Crippen LogP contribution in [0.15, 0.2) is 101 Å². The largest absolute Gasteiger partial charge is 0.479 e. The molecule has 32 heteroatoms. The molecule has 0 aromatic heterocycles. The molecule has 5 heterocycles. The summed E-state index contributed by atoms with van der Waals surface area (Å²) >= 11 is 0. The second kappa shape index (κ2) is 30.9. The molecule has 3 aromatic carbocycles. The van der Waals surface area contributed by atoms with Gasteiger partial charge in [-0.05, 0) is 59.9 Å². The van der Waals surface area contributed by atoms with Crippen molar-refractivity contribution in [2.24, 2.45) is 39.8 Å². The van der Waals surface area contributed by atoms with Gasteiger partial charge in [-0.1, -0.05) is 136 Å². The fraction of sp³-hybridized carbons (Fsp3) is 0.643. The van der Waals surface area contributed by atoms with Gasteiger partial charge in [-0.15, -0.1) is 0 Å². The molecule has 5 fully saturated rings. The molecule has 484 valence electrons. The zero-order chi connectivity index (χ0) is 63.5. The van der Waals surface area contributed by atoms with Crippen molar-refractivity contribution in [3.05, 3.63) is 129 Å². The number of nitrogens with zero attached hydrogens (tertiary/aromatic N) is 6. The van der Waals surface area contributed by atoms with E-state index in [0.29, 0.717) is 11.1 Å². The number of alkyl carbamates (subject to hydrolysis) is 1. The number of nitrogens with one attached hydrogen (secondary N) is 1. The van der Waals surface area contributed by atoms with E-state index in [0.717, 1.165) is 5.56 Å². The lowest BCUT2D eigenvalue weighted by molar-refractivity contribution is -0.352. The first kappa shape index (κ1) is 68.2. The first-order chi connectivity index (χ1) is 41.9. The highest BCUT2D eigenvalue weighted by Crippen LogP contribution is 2.41. The average Bonchev–Trinajstić information content (AvgIpc) is 0.908. The van der Waals surface area contributed by atoms with Crippen LogP contribution in [0.2, 0.25) is 0 Å². The van der Waals surface area contributed by atoms with Gasteiger partial charge in [0, 0.05) is 27.6 Å². The van der Waals surface area contributed by atoms with Crippen LogP contribution in [-0.2, 0) is 111 Å². The standard InChI is InChI=1S/C56H75N7O23S2/c1-29-30(2)44(61-63-58)53(78-34(29)6)81-41-27-75-54(47(31(41)3)73-24-36-17-11-8-12-18-36)80-40-23-39(60-62-57)51(79-35(40)7)84-46-33(5)48(86-88(70,71)72)55(85-49(46)50(64)65)83-45-32(4)43(59-56(66)76-26-38-21-15-10-16-22-38)52(74-25-37-19-13-9-14-20-37)82-42(45)28-77-87(67,68)69/h8-22,29-35,39-49,51-55H,23-28H2,1-7H3,(H,59,66)(H,64,65)(H,67,68,69)(H,70,71,72)/t29-,30-,31-,32+,33-,34?,35?,39?,40-,41+,42?,43?,44?,45-,46-,47?,48?,49?,51+,52-,53-,54-,55+/m0/s1. The molecule has 0 radical (unpaired) electrons. The van der Waals surface area contributed by atoms with Crippen molar-refractivity contribution < 1.29 is 106 Å². The van der Waals surface area contributed by atoms with Crippen LogP contribution in [-0.4, -0.2) is 167 Å². The molecule has 0 aliphatic carbocycles. The number of hydrogen-bond acceptors (Lipinski definition) is 22. The van der Waals surface area contributed by atoms with Gasteiger partial charge < -0.3 is 67.3 Å². The highest BCUT2D eigenvalue weighted by molar-refractivity contribution is 7.81. The molecule has 4 N–H and O–H groups in total. The minimum atomic E-state index is -5.47. The summed E-state index contributed by atoms with van der Waals surface area (Å²) < 4.78 is 155. The first-order valence-corrected chi connectivity index (χ1v) is 31.4. The zero-order valence-electron chi connectivity index (χ0n) is 49.2. The molecule has 5 aliphatic heterocycles. The third-order valence-corrected chi connectivity index (χ3v) is 17.5. The molecular weight excluding hydrogens is 1200 g/mol. The second-order valence-corrected chi connectivity index (χ2v) is 24.6. The molecule has 0 saturated carbocycles. The zero-order valence-corrected chi connectivity index (χ0v) is 50.8. The van der Waals surface area contributed by atoms with Gasteiger partial charge in [-0.3, -0.25) is 9.11 Å². The first-order valence-electron chi connectivity index (χ1n) is 28.6. The summed E-state index contributed by atoms with van der Waals surface area (Å²) in [6.45, 7) is 11.1. The second-order valence-electron chi connectivity index (χ2n) is 22.5. The Kier molecular flexibility index (Phi) is 24.0. The number of aliphatic carboxylic acids is 1. The van der Waals surface area contributed by atoms with Crippen molar-refractivity contribution in [3.63, 3.8) is 0 Å². The number of hydrogen-bond donors (Lipinski definition) is 4. The van der Waals surface area contributed by atoms with E-state index in [9.17, 15) is 51.7 Å². The van der Waals surface area contributed by atoms with E-state index in [2.05, 4.69) is 25.4 Å². The van der Waals surface area contributed by atoms with Crippen LogP contribution in [0.25, 0.3) is 20.9 Å². The lowest BCUT2D eigenvalue weighted by Gasteiger charge is -2.49. The number of carbonyl (C=O) groups is 2. The number of carboxylic acids is 1. The molecule has 5 saturated heterocycles. The minimum absolute atomic E-state index is 0.0179. The van der Waals surface area contributed by atoms with Crippen LogP contribution in [0.5, 0.6) is 0 Å². The third-order valence-electron chi connectivity index (χ3n) is 16.6. The number of carboxylic acid groups (broad SMARTS) is 1. The molecular formula is C56H75N7O23S2. The maximum Gasteiger partial charge on any atom is 0.407 e. The molecule has 3 aromatic rings. The summed E-state index contributed by atoms with van der Waals surface area (Å²) in [6, 6.07) is 23.6. The van der Waals surface area contributed by atoms with Crippen LogP contribution in [0.4, 0.5) is 4.79 Å². The Morgan fingerprint density at radius 3 is 1.76 bits per heavy atom. The van der Waals surface area contributed by atoms with Gasteiger partial charge in [0.15, 0.2) is 37.6 Å². The van der Waals surface area contributed by atoms with Gasteiger partial charge in [0.05, 0.1) is 75.1 Å². The van der Waals surface area contributed by atoms with Gasteiger partial charge in [0.25, 0.3) is 0 Å². The van der Waals surface area contributed by atoms with Crippen LogP contribution in [0, 0.1) is 29.6 Å². The Bertz CT molecular complexity index is 3090. The van der Waals surface area contributed by atoms with Crippen molar-refractivity contribution in [3.8, 4) is 0 Å². The van der Waals surface area contributed by atoms with Crippen LogP contribution in [0.3, 0.4) is 0 Å². The highest BCUT2D eigenvalue weighted by Gasteiger charge is 2.56. The van der Waals surface area contributed by atoms with Gasteiger partial charge in [0.1, 0.15) is 31.0 Å². The van der Waals surface area contributed by atoms with Crippen LogP contribution < -0.4 is 5.32 Å². The van der Waals surface area contributed by atoms with Gasteiger partial charge in [-0.2, -0.15) is 16.8 Å². The summed E-state index contributed by atoms with van der Waals surface area (Å²) in [4.78, 5) is 33.0. The SMILES string of the molecule is CC1O[C@H](O[C@@H]2C(C(=O)O)O[C@@H](O[C@@H]3C(COS(=O)(=O)O)O[C@H](OCc4ccccc4)C(NC(=O)OCc4ccccc4)[C@H]3C)C(OS(=O)(=O)O)[C@H]2C)C(N=[N+]=[N-])C[C@@H]1O[C@@H]1OC[C@@H](O[C@@H]2OC(C)[C@@H](C)[C@H](C)C2N=[N+]=[N-])[C@H](C)C1OCc1ccccc1. The van der Waals surface area contributed by atoms with E-state index in [1.165, 1.54) is 13.8 Å². The maximum atomic E-state index is 13.5. The third kappa shape index (κ3) is 18.1. The van der Waals surface area contributed by atoms with Crippen molar-refractivity contribution in [1.82, 2.24) is 5.32 Å². The predicted molar refractivity (Wildman–Crippen MR) is 303 cm³/mol. The Labute approximate surface area is 509 Å². The molecule has 5 aliphatic rings. The summed E-state index contributed by atoms with van der Waals surface area (Å²) in [5, 5.41) is 21.5. The fourth-order valence-corrected chi connectivity index (χ4v) is 12.2. The monoisotopic (exact) mass is 1280 g/mol. The van der Waals surface area contributed by atoms with Crippen molar-refractivity contribution in [2.75, 3.05) is 13.2 Å². The number of carbonyl (C=O) groups excluding carboxylic acids is 1. The van der Waals surface area contributed by atoms with Gasteiger partial charge in [0.2, 0.25) is 0 Å². The highest BCUT2D eigenvalue weighted by atomic mass is 32.3. The molecule has 23 atom stereocenters. The van der Waals surface area contributed by atoms with E-state index in [-0.39, 0.29) is 50.8 Å². The van der Waals surface area contributed by atoms with Crippen molar-refractivity contribution in [2.45, 2.75) is 185 Å². The van der Waals surface area contributed by atoms with Gasteiger partial charge in [-0.25, -0.2) is 18.0 Å². The topological polar surface area (TPSA) is 402 Å². The summed E-state index contributed by atoms with van der Waals surface area (Å²) in [6.07, 6.45) is -20.8. The van der Waals surface area contributed by atoms with Crippen LogP contribution >= 0.6 is 0 Å². The molecule has 9 unspecified atom stereocenters. The van der Waals surface area contributed by atoms with Crippen LogP contribution in [0.1, 0.15) is 71.6 Å². The Morgan fingerprint density at radius 1 is 0.591 bits per heavy atom. The van der Waals surface area contributed by atoms with E-state index < -0.39 is 162 Å². The Hall–Kier alpha value is -5.68. The van der Waals surface area contributed by atoms with E-state index in [1.807, 2.05) is 58.0 Å². The summed E-state index contributed by atoms with van der Waals surface area (Å²) in [5.74, 6) is -4.72. The smallest absolute Gasteiger partial charge is 0.407 e. The quantitative estimate of drug-likeness (QED) is 0.0289. The maximum absolute atomic E-state index is 13.5. The minimum Gasteiger partial charge on any atom is -0.479 e. The molecule has 30 nitrogen and oxygen atoms in total. The lowest BCUT2D eigenvalue weighted by Crippen LogP contribution is -2.65. The lowest BCUT2D eigenvalue weighted by atomic mass is 9.83. The Morgan fingerprint density at radius 2 is 1.17 bits per heavy atom. The number of benzene rings is 3. The molecule has 88 heavy (non-hydrogen) atoms. The van der Waals surface area contributed by atoms with Crippen molar-refractivity contribution in [1.29, 1.82) is 0 Å². The summed E-state index contributed by atoms with van der Waals surface area (Å²) in [5.41, 5.74) is 21.5. The van der Waals surface area contributed by atoms with E-state index >= 15 is 0 Å². The average molecular weight is 1280 g/mol. The Balaban J connectivity index is 1.02. The number of amides is 1. The normalized spacial score (nSPS) is 36.2. The van der Waals surface area contributed by atoms with Crippen molar-refractivity contribution >= 4 is 32.9 Å². The van der Waals surface area contributed by atoms with E-state index in [4.69, 9.17) is 65.2 Å². The number of rotatable bonds is 25.